The van der Waals surface area contributed by atoms with Gasteiger partial charge in [-0.1, -0.05) is 13.0 Å². The Balaban J connectivity index is 1.89. The SMILES string of the molecule is CC1CCCN(COc2cccc(C(=O)O)c2)C1. The zero-order valence-corrected chi connectivity index (χ0v) is 10.6. The molecular formula is C14H19NO3. The molecule has 1 aliphatic heterocycles. The number of ether oxygens (including phenoxy) is 1. The molecule has 1 aliphatic rings. The number of rotatable bonds is 4. The van der Waals surface area contributed by atoms with Gasteiger partial charge in [-0.3, -0.25) is 4.90 Å². The van der Waals surface area contributed by atoms with Crippen LogP contribution in [0.25, 0.3) is 0 Å². The van der Waals surface area contributed by atoms with Crippen LogP contribution in [0.4, 0.5) is 0 Å². The van der Waals surface area contributed by atoms with E-state index in [2.05, 4.69) is 11.8 Å². The fourth-order valence-electron chi connectivity index (χ4n) is 2.29. The largest absolute Gasteiger partial charge is 0.478 e. The van der Waals surface area contributed by atoms with E-state index in [1.54, 1.807) is 24.3 Å². The number of carboxylic acid groups (broad SMARTS) is 1. The minimum absolute atomic E-state index is 0.263. The molecule has 0 bridgehead atoms. The topological polar surface area (TPSA) is 49.8 Å². The highest BCUT2D eigenvalue weighted by atomic mass is 16.5. The summed E-state index contributed by atoms with van der Waals surface area (Å²) in [6.07, 6.45) is 2.49. The number of piperidine rings is 1. The zero-order valence-electron chi connectivity index (χ0n) is 10.6. The molecule has 0 amide bonds. The van der Waals surface area contributed by atoms with Crippen molar-refractivity contribution in [3.63, 3.8) is 0 Å². The van der Waals surface area contributed by atoms with Crippen molar-refractivity contribution in [3.05, 3.63) is 29.8 Å². The maximum Gasteiger partial charge on any atom is 0.335 e. The van der Waals surface area contributed by atoms with Gasteiger partial charge in [-0.15, -0.1) is 0 Å². The van der Waals surface area contributed by atoms with E-state index in [-0.39, 0.29) is 5.56 Å². The molecule has 4 nitrogen and oxygen atoms in total. The molecule has 2 rings (SSSR count). The lowest BCUT2D eigenvalue weighted by Gasteiger charge is -2.30. The zero-order chi connectivity index (χ0) is 13.0. The maximum atomic E-state index is 10.8. The average Bonchev–Trinajstić information content (AvgIpc) is 2.37. The van der Waals surface area contributed by atoms with Crippen molar-refractivity contribution in [2.45, 2.75) is 19.8 Å². The quantitative estimate of drug-likeness (QED) is 0.890. The molecule has 4 heteroatoms. The third-order valence-corrected chi connectivity index (χ3v) is 3.24. The van der Waals surface area contributed by atoms with Crippen LogP contribution >= 0.6 is 0 Å². The Morgan fingerprint density at radius 1 is 1.56 bits per heavy atom. The molecule has 0 saturated carbocycles. The molecule has 98 valence electrons. The molecular weight excluding hydrogens is 230 g/mol. The van der Waals surface area contributed by atoms with Crippen molar-refractivity contribution in [2.75, 3.05) is 19.8 Å². The third-order valence-electron chi connectivity index (χ3n) is 3.24. The second-order valence-corrected chi connectivity index (χ2v) is 4.93. The van der Waals surface area contributed by atoms with Crippen molar-refractivity contribution in [2.24, 2.45) is 5.92 Å². The Hall–Kier alpha value is -1.55. The van der Waals surface area contributed by atoms with Gasteiger partial charge in [0.2, 0.25) is 0 Å². The molecule has 0 aromatic heterocycles. The normalized spacial score (nSPS) is 20.6. The summed E-state index contributed by atoms with van der Waals surface area (Å²) in [6.45, 7) is 4.90. The lowest BCUT2D eigenvalue weighted by atomic mass is 10.0. The number of hydrogen-bond donors (Lipinski definition) is 1. The predicted molar refractivity (Wildman–Crippen MR) is 68.9 cm³/mol. The molecule has 0 spiro atoms. The van der Waals surface area contributed by atoms with Crippen LogP contribution in [0.5, 0.6) is 5.75 Å². The predicted octanol–water partition coefficient (Wildman–Crippen LogP) is 2.45. The van der Waals surface area contributed by atoms with Crippen LogP contribution < -0.4 is 4.74 Å². The van der Waals surface area contributed by atoms with E-state index < -0.39 is 5.97 Å². The fourth-order valence-corrected chi connectivity index (χ4v) is 2.29. The highest BCUT2D eigenvalue weighted by Crippen LogP contribution is 2.17. The third kappa shape index (κ3) is 3.47. The minimum atomic E-state index is -0.924. The van der Waals surface area contributed by atoms with Crippen molar-refractivity contribution < 1.29 is 14.6 Å². The van der Waals surface area contributed by atoms with Crippen molar-refractivity contribution in [1.82, 2.24) is 4.90 Å². The minimum Gasteiger partial charge on any atom is -0.478 e. The number of carbonyl (C=O) groups is 1. The maximum absolute atomic E-state index is 10.8. The Morgan fingerprint density at radius 3 is 3.11 bits per heavy atom. The molecule has 1 saturated heterocycles. The number of nitrogens with zero attached hydrogens (tertiary/aromatic N) is 1. The summed E-state index contributed by atoms with van der Waals surface area (Å²) in [7, 11) is 0. The first-order valence-electron chi connectivity index (χ1n) is 6.33. The number of carboxylic acids is 1. The van der Waals surface area contributed by atoms with E-state index in [9.17, 15) is 4.79 Å². The fraction of sp³-hybridized carbons (Fsp3) is 0.500. The van der Waals surface area contributed by atoms with Crippen molar-refractivity contribution in [1.29, 1.82) is 0 Å². The molecule has 1 fully saturated rings. The van der Waals surface area contributed by atoms with Gasteiger partial charge in [0.05, 0.1) is 5.56 Å². The molecule has 1 atom stereocenters. The van der Waals surface area contributed by atoms with E-state index in [1.807, 2.05) is 0 Å². The second kappa shape index (κ2) is 5.87. The summed E-state index contributed by atoms with van der Waals surface area (Å²) in [5, 5.41) is 8.89. The Kier molecular flexibility index (Phi) is 4.20. The summed E-state index contributed by atoms with van der Waals surface area (Å²) in [5.74, 6) is 0.410. The summed E-state index contributed by atoms with van der Waals surface area (Å²) >= 11 is 0. The van der Waals surface area contributed by atoms with E-state index in [1.165, 1.54) is 12.8 Å². The second-order valence-electron chi connectivity index (χ2n) is 4.93. The summed E-state index contributed by atoms with van der Waals surface area (Å²) < 4.78 is 5.65. The van der Waals surface area contributed by atoms with Crippen LogP contribution in [0.15, 0.2) is 24.3 Å². The van der Waals surface area contributed by atoms with Gasteiger partial charge in [0.25, 0.3) is 0 Å². The van der Waals surface area contributed by atoms with Crippen LogP contribution in [0.3, 0.4) is 0 Å². The summed E-state index contributed by atoms with van der Waals surface area (Å²) in [4.78, 5) is 13.1. The number of aromatic carboxylic acids is 1. The Morgan fingerprint density at radius 2 is 2.39 bits per heavy atom. The van der Waals surface area contributed by atoms with E-state index in [4.69, 9.17) is 9.84 Å². The first-order valence-corrected chi connectivity index (χ1v) is 6.33. The number of hydrogen-bond acceptors (Lipinski definition) is 3. The summed E-state index contributed by atoms with van der Waals surface area (Å²) in [5.41, 5.74) is 0.263. The number of benzene rings is 1. The van der Waals surface area contributed by atoms with Gasteiger partial charge in [-0.25, -0.2) is 4.79 Å². The van der Waals surface area contributed by atoms with Gasteiger partial charge in [-0.2, -0.15) is 0 Å². The standard InChI is InChI=1S/C14H19NO3/c1-11-4-3-7-15(9-11)10-18-13-6-2-5-12(8-13)14(16)17/h2,5-6,8,11H,3-4,7,9-10H2,1H3,(H,16,17). The summed E-state index contributed by atoms with van der Waals surface area (Å²) in [6, 6.07) is 6.63. The highest BCUT2D eigenvalue weighted by molar-refractivity contribution is 5.87. The molecule has 18 heavy (non-hydrogen) atoms. The molecule has 1 unspecified atom stereocenters. The lowest BCUT2D eigenvalue weighted by Crippen LogP contribution is -2.36. The van der Waals surface area contributed by atoms with Gasteiger partial charge < -0.3 is 9.84 Å². The van der Waals surface area contributed by atoms with Gasteiger partial charge in [0.1, 0.15) is 12.5 Å². The van der Waals surface area contributed by atoms with Crippen LogP contribution in [-0.2, 0) is 0 Å². The van der Waals surface area contributed by atoms with Gasteiger partial charge >= 0.3 is 5.97 Å². The Bertz CT molecular complexity index is 419. The van der Waals surface area contributed by atoms with Crippen LogP contribution in [0.1, 0.15) is 30.1 Å². The van der Waals surface area contributed by atoms with E-state index in [0.29, 0.717) is 18.4 Å². The first kappa shape index (κ1) is 12.9. The van der Waals surface area contributed by atoms with Gasteiger partial charge in [0.15, 0.2) is 0 Å². The van der Waals surface area contributed by atoms with Crippen molar-refractivity contribution in [3.8, 4) is 5.75 Å². The van der Waals surface area contributed by atoms with Crippen molar-refractivity contribution >= 4 is 5.97 Å². The monoisotopic (exact) mass is 249 g/mol. The molecule has 1 aromatic rings. The van der Waals surface area contributed by atoms with Crippen LogP contribution in [0.2, 0.25) is 0 Å². The highest BCUT2D eigenvalue weighted by Gasteiger charge is 2.16. The van der Waals surface area contributed by atoms with Gasteiger partial charge in [-0.05, 0) is 37.0 Å². The van der Waals surface area contributed by atoms with Crippen LogP contribution in [-0.4, -0.2) is 35.8 Å². The number of likely N-dealkylation sites (tertiary alicyclic amines) is 1. The molecule has 1 aromatic carbocycles. The first-order chi connectivity index (χ1) is 8.65. The molecule has 1 heterocycles. The molecule has 0 aliphatic carbocycles. The Labute approximate surface area is 107 Å². The van der Waals surface area contributed by atoms with Gasteiger partial charge in [0, 0.05) is 13.1 Å². The van der Waals surface area contributed by atoms with Crippen LogP contribution in [0, 0.1) is 5.92 Å². The van der Waals surface area contributed by atoms with E-state index in [0.717, 1.165) is 13.1 Å². The lowest BCUT2D eigenvalue weighted by molar-refractivity contribution is 0.0693. The smallest absolute Gasteiger partial charge is 0.335 e. The average molecular weight is 249 g/mol. The molecule has 1 N–H and O–H groups in total. The molecule has 0 radical (unpaired) electrons. The van der Waals surface area contributed by atoms with E-state index >= 15 is 0 Å².